The molecule has 0 saturated heterocycles. The highest BCUT2D eigenvalue weighted by molar-refractivity contribution is 6.74. The molecule has 4 nitrogen and oxygen atoms in total. The van der Waals surface area contributed by atoms with Gasteiger partial charge in [-0.3, -0.25) is 0 Å². The van der Waals surface area contributed by atoms with Gasteiger partial charge in [0.05, 0.1) is 11.6 Å². The van der Waals surface area contributed by atoms with Crippen LogP contribution < -0.4 is 4.74 Å². The van der Waals surface area contributed by atoms with Crippen molar-refractivity contribution in [3.63, 3.8) is 0 Å². The average molecular weight is 345 g/mol. The lowest BCUT2D eigenvalue weighted by Crippen LogP contribution is -2.41. The van der Waals surface area contributed by atoms with Gasteiger partial charge in [0, 0.05) is 0 Å². The van der Waals surface area contributed by atoms with Crippen LogP contribution in [0.3, 0.4) is 0 Å². The fourth-order valence-electron chi connectivity index (χ4n) is 1.39. The van der Waals surface area contributed by atoms with Crippen LogP contribution in [-0.4, -0.2) is 27.7 Å². The summed E-state index contributed by atoms with van der Waals surface area (Å²) in [5, 5.41) is 0.890. The fourth-order valence-corrected chi connectivity index (χ4v) is 2.70. The summed E-state index contributed by atoms with van der Waals surface area (Å²) in [7, 11) is -1.68. The molecule has 0 aliphatic carbocycles. The number of ether oxygens (including phenoxy) is 1. The molecule has 1 aromatic carbocycles. The van der Waals surface area contributed by atoms with Gasteiger partial charge in [-0.25, -0.2) is 0 Å². The van der Waals surface area contributed by atoms with Crippen molar-refractivity contribution in [2.45, 2.75) is 45.8 Å². The Morgan fingerprint density at radius 3 is 2.18 bits per heavy atom. The smallest absolute Gasteiger partial charge is 0.373 e. The first-order valence-corrected chi connectivity index (χ1v) is 10.4. The van der Waals surface area contributed by atoms with Crippen molar-refractivity contribution in [2.24, 2.45) is 0 Å². The van der Waals surface area contributed by atoms with Gasteiger partial charge in [0.25, 0.3) is 0 Å². The van der Waals surface area contributed by atoms with E-state index >= 15 is 0 Å². The molecule has 124 valence electrons. The SMILES string of the molecule is Cc1ccc(OCCO[Si](C)(C)C(C)(C)C)c(Cl)c1.O=C=O. The summed E-state index contributed by atoms with van der Waals surface area (Å²) >= 11 is 6.11. The normalized spacial score (nSPS) is 11.2. The van der Waals surface area contributed by atoms with Crippen LogP contribution in [0.1, 0.15) is 26.3 Å². The van der Waals surface area contributed by atoms with Crippen LogP contribution in [0.4, 0.5) is 0 Å². The number of hydrogen-bond acceptors (Lipinski definition) is 4. The first-order valence-electron chi connectivity index (χ1n) is 7.07. The molecule has 0 aromatic heterocycles. The second-order valence-corrected chi connectivity index (χ2v) is 11.7. The molecule has 0 amide bonds. The highest BCUT2D eigenvalue weighted by atomic mass is 35.5. The minimum absolute atomic E-state index is 0.231. The lowest BCUT2D eigenvalue weighted by molar-refractivity contribution is -0.191. The Morgan fingerprint density at radius 1 is 1.18 bits per heavy atom. The predicted molar refractivity (Wildman–Crippen MR) is 89.8 cm³/mol. The van der Waals surface area contributed by atoms with E-state index in [9.17, 15) is 0 Å². The van der Waals surface area contributed by atoms with E-state index in [1.54, 1.807) is 0 Å². The molecular weight excluding hydrogens is 320 g/mol. The maximum atomic E-state index is 8.12. The summed E-state index contributed by atoms with van der Waals surface area (Å²) in [5.74, 6) is 0.728. The third-order valence-electron chi connectivity index (χ3n) is 3.70. The summed E-state index contributed by atoms with van der Waals surface area (Å²) in [4.78, 5) is 16.2. The van der Waals surface area contributed by atoms with E-state index < -0.39 is 8.32 Å². The molecule has 0 N–H and O–H groups in total. The van der Waals surface area contributed by atoms with Crippen molar-refractivity contribution >= 4 is 26.1 Å². The molecule has 0 radical (unpaired) electrons. The van der Waals surface area contributed by atoms with Gasteiger partial charge in [0.1, 0.15) is 12.4 Å². The molecule has 6 heteroatoms. The molecule has 0 bridgehead atoms. The van der Waals surface area contributed by atoms with Crippen LogP contribution in [0.2, 0.25) is 23.2 Å². The Kier molecular flexibility index (Phi) is 8.64. The van der Waals surface area contributed by atoms with E-state index in [0.29, 0.717) is 18.2 Å². The first kappa shape index (κ1) is 20.9. The summed E-state index contributed by atoms with van der Waals surface area (Å²) in [6, 6.07) is 5.81. The van der Waals surface area contributed by atoms with Gasteiger partial charge in [0.15, 0.2) is 8.32 Å². The Bertz CT molecular complexity index is 503. The molecule has 22 heavy (non-hydrogen) atoms. The largest absolute Gasteiger partial charge is 0.490 e. The molecule has 0 unspecified atom stereocenters. The van der Waals surface area contributed by atoms with Gasteiger partial charge in [-0.05, 0) is 42.8 Å². The standard InChI is InChI=1S/C15H25ClO2Si.CO2/c1-12-7-8-14(13(16)11-12)17-9-10-18-19(5,6)15(2,3)4;2-1-3/h7-8,11H,9-10H2,1-6H3;. The third-order valence-corrected chi connectivity index (χ3v) is 8.53. The lowest BCUT2D eigenvalue weighted by Gasteiger charge is -2.36. The van der Waals surface area contributed by atoms with E-state index in [-0.39, 0.29) is 11.2 Å². The third kappa shape index (κ3) is 7.23. The second-order valence-electron chi connectivity index (χ2n) is 6.47. The average Bonchev–Trinajstić information content (AvgIpc) is 2.36. The van der Waals surface area contributed by atoms with E-state index in [4.69, 9.17) is 30.4 Å². The molecule has 0 atom stereocenters. The summed E-state index contributed by atoms with van der Waals surface area (Å²) < 4.78 is 11.7. The van der Waals surface area contributed by atoms with Gasteiger partial charge in [-0.15, -0.1) is 0 Å². The zero-order chi connectivity index (χ0) is 17.4. The molecule has 0 heterocycles. The highest BCUT2D eigenvalue weighted by Gasteiger charge is 2.36. The number of benzene rings is 1. The molecule has 1 rings (SSSR count). The number of halogens is 1. The van der Waals surface area contributed by atoms with Crippen molar-refractivity contribution in [1.82, 2.24) is 0 Å². The first-order chi connectivity index (χ1) is 10.0. The van der Waals surface area contributed by atoms with Crippen LogP contribution >= 0.6 is 11.6 Å². The maximum absolute atomic E-state index is 8.12. The predicted octanol–water partition coefficient (Wildman–Crippen LogP) is 4.47. The Morgan fingerprint density at radius 2 is 1.73 bits per heavy atom. The van der Waals surface area contributed by atoms with Gasteiger partial charge >= 0.3 is 6.15 Å². The highest BCUT2D eigenvalue weighted by Crippen LogP contribution is 2.36. The number of carbonyl (C=O) groups excluding carboxylic acids is 2. The Balaban J connectivity index is 0.00000135. The van der Waals surface area contributed by atoms with Crippen LogP contribution in [0, 0.1) is 6.92 Å². The second kappa shape index (κ2) is 9.11. The van der Waals surface area contributed by atoms with Crippen LogP contribution in [0.15, 0.2) is 18.2 Å². The molecule has 0 aliphatic rings. The van der Waals surface area contributed by atoms with Crippen LogP contribution in [-0.2, 0) is 14.0 Å². The van der Waals surface area contributed by atoms with Crippen molar-refractivity contribution in [3.8, 4) is 5.75 Å². The Labute approximate surface area is 138 Å². The summed E-state index contributed by atoms with van der Waals surface area (Å²) in [6.07, 6.45) is 0.250. The van der Waals surface area contributed by atoms with Crippen molar-refractivity contribution in [2.75, 3.05) is 13.2 Å². The molecular formula is C16H25ClO4Si. The van der Waals surface area contributed by atoms with E-state index in [0.717, 1.165) is 11.3 Å². The van der Waals surface area contributed by atoms with Crippen molar-refractivity contribution in [1.29, 1.82) is 0 Å². The van der Waals surface area contributed by atoms with Crippen molar-refractivity contribution < 1.29 is 18.8 Å². The molecule has 0 saturated carbocycles. The zero-order valence-corrected chi connectivity index (χ0v) is 15.9. The molecule has 0 spiro atoms. The van der Waals surface area contributed by atoms with Gasteiger partial charge in [-0.2, -0.15) is 9.59 Å². The number of aryl methyl sites for hydroxylation is 1. The molecule has 1 aromatic rings. The van der Waals surface area contributed by atoms with E-state index in [1.807, 2.05) is 25.1 Å². The van der Waals surface area contributed by atoms with E-state index in [2.05, 4.69) is 33.9 Å². The quantitative estimate of drug-likeness (QED) is 0.584. The minimum atomic E-state index is -1.68. The topological polar surface area (TPSA) is 52.6 Å². The van der Waals surface area contributed by atoms with Gasteiger partial charge < -0.3 is 9.16 Å². The van der Waals surface area contributed by atoms with Gasteiger partial charge in [0.2, 0.25) is 0 Å². The van der Waals surface area contributed by atoms with Crippen LogP contribution in [0.25, 0.3) is 0 Å². The summed E-state index contributed by atoms with van der Waals surface area (Å²) in [5.41, 5.74) is 1.13. The van der Waals surface area contributed by atoms with Crippen molar-refractivity contribution in [3.05, 3.63) is 28.8 Å². The summed E-state index contributed by atoms with van der Waals surface area (Å²) in [6.45, 7) is 14.3. The lowest BCUT2D eigenvalue weighted by atomic mass is 10.2. The van der Waals surface area contributed by atoms with E-state index in [1.165, 1.54) is 0 Å². The van der Waals surface area contributed by atoms with Gasteiger partial charge in [-0.1, -0.05) is 38.4 Å². The molecule has 0 fully saturated rings. The Hall–Kier alpha value is -1.13. The monoisotopic (exact) mass is 344 g/mol. The van der Waals surface area contributed by atoms with Crippen LogP contribution in [0.5, 0.6) is 5.75 Å². The maximum Gasteiger partial charge on any atom is 0.373 e. The zero-order valence-electron chi connectivity index (χ0n) is 14.2. The number of rotatable bonds is 5. The molecule has 0 aliphatic heterocycles. The fraction of sp³-hybridized carbons (Fsp3) is 0.562. The minimum Gasteiger partial charge on any atom is -0.490 e. The number of hydrogen-bond donors (Lipinski definition) is 0.